The van der Waals surface area contributed by atoms with Crippen molar-refractivity contribution in [3.63, 3.8) is 0 Å². The van der Waals surface area contributed by atoms with E-state index >= 15 is 0 Å². The molecule has 90 valence electrons. The van der Waals surface area contributed by atoms with Crippen molar-refractivity contribution in [1.82, 2.24) is 15.1 Å². The lowest BCUT2D eigenvalue weighted by Crippen LogP contribution is -2.24. The van der Waals surface area contributed by atoms with Crippen molar-refractivity contribution in [3.05, 3.63) is 29.6 Å². The van der Waals surface area contributed by atoms with Crippen LogP contribution in [0.3, 0.4) is 0 Å². The van der Waals surface area contributed by atoms with E-state index < -0.39 is 0 Å². The first-order valence-corrected chi connectivity index (χ1v) is 6.00. The van der Waals surface area contributed by atoms with Gasteiger partial charge in [-0.1, -0.05) is 12.5 Å². The normalized spacial score (nSPS) is 12.8. The molecule has 0 fully saturated rings. The fourth-order valence-electron chi connectivity index (χ4n) is 1.98. The summed E-state index contributed by atoms with van der Waals surface area (Å²) in [4.78, 5) is 0. The topological polar surface area (TPSA) is 29.9 Å². The Kier molecular flexibility index (Phi) is 4.74. The SMILES string of the molecule is C=C(C)CC(NCC)c1cc(C)nn1CC. The molecule has 16 heavy (non-hydrogen) atoms. The minimum Gasteiger partial charge on any atom is -0.309 e. The first-order chi connectivity index (χ1) is 7.58. The summed E-state index contributed by atoms with van der Waals surface area (Å²) >= 11 is 0. The lowest BCUT2D eigenvalue weighted by Gasteiger charge is -2.19. The second kappa shape index (κ2) is 5.85. The van der Waals surface area contributed by atoms with Crippen molar-refractivity contribution < 1.29 is 0 Å². The van der Waals surface area contributed by atoms with Crippen LogP contribution < -0.4 is 5.32 Å². The van der Waals surface area contributed by atoms with Crippen LogP contribution in [0.15, 0.2) is 18.2 Å². The van der Waals surface area contributed by atoms with Crippen LogP contribution in [0.4, 0.5) is 0 Å². The maximum atomic E-state index is 4.49. The van der Waals surface area contributed by atoms with E-state index in [0.29, 0.717) is 6.04 Å². The summed E-state index contributed by atoms with van der Waals surface area (Å²) in [7, 11) is 0. The average molecular weight is 221 g/mol. The number of hydrogen-bond donors (Lipinski definition) is 1. The Morgan fingerprint density at radius 3 is 2.75 bits per heavy atom. The highest BCUT2D eigenvalue weighted by atomic mass is 15.3. The van der Waals surface area contributed by atoms with Gasteiger partial charge < -0.3 is 5.32 Å². The third-order valence-electron chi connectivity index (χ3n) is 2.59. The molecule has 1 aromatic rings. The molecule has 1 unspecified atom stereocenters. The summed E-state index contributed by atoms with van der Waals surface area (Å²) < 4.78 is 2.08. The molecular formula is C13H23N3. The molecule has 0 aliphatic heterocycles. The summed E-state index contributed by atoms with van der Waals surface area (Å²) in [5, 5.41) is 7.98. The number of nitrogens with zero attached hydrogens (tertiary/aromatic N) is 2. The first-order valence-electron chi connectivity index (χ1n) is 6.00. The Morgan fingerprint density at radius 1 is 1.56 bits per heavy atom. The predicted molar refractivity (Wildman–Crippen MR) is 68.5 cm³/mol. The lowest BCUT2D eigenvalue weighted by molar-refractivity contribution is 0.489. The Hall–Kier alpha value is -1.09. The van der Waals surface area contributed by atoms with Gasteiger partial charge in [0.15, 0.2) is 0 Å². The van der Waals surface area contributed by atoms with Crippen molar-refractivity contribution in [1.29, 1.82) is 0 Å². The summed E-state index contributed by atoms with van der Waals surface area (Å²) in [6.45, 7) is 14.2. The van der Waals surface area contributed by atoms with Crippen molar-refractivity contribution in [2.24, 2.45) is 0 Å². The Labute approximate surface area is 98.5 Å². The quantitative estimate of drug-likeness (QED) is 0.749. The zero-order valence-electron chi connectivity index (χ0n) is 10.9. The molecule has 3 nitrogen and oxygen atoms in total. The van der Waals surface area contributed by atoms with Crippen molar-refractivity contribution in [2.75, 3.05) is 6.54 Å². The van der Waals surface area contributed by atoms with Crippen LogP contribution in [0.25, 0.3) is 0 Å². The van der Waals surface area contributed by atoms with E-state index in [0.717, 1.165) is 25.2 Å². The van der Waals surface area contributed by atoms with Crippen LogP contribution in [0.5, 0.6) is 0 Å². The molecule has 0 aromatic carbocycles. The van der Waals surface area contributed by atoms with E-state index in [1.807, 2.05) is 6.92 Å². The minimum absolute atomic E-state index is 0.337. The van der Waals surface area contributed by atoms with Gasteiger partial charge in [0.2, 0.25) is 0 Å². The molecule has 0 radical (unpaired) electrons. The Balaban J connectivity index is 2.94. The molecule has 1 aromatic heterocycles. The highest BCUT2D eigenvalue weighted by Gasteiger charge is 2.15. The summed E-state index contributed by atoms with van der Waals surface area (Å²) in [6.07, 6.45) is 0.971. The third-order valence-corrected chi connectivity index (χ3v) is 2.59. The largest absolute Gasteiger partial charge is 0.309 e. The average Bonchev–Trinajstić information content (AvgIpc) is 2.58. The van der Waals surface area contributed by atoms with Crippen LogP contribution in [-0.2, 0) is 6.54 Å². The van der Waals surface area contributed by atoms with E-state index in [4.69, 9.17) is 0 Å². The molecular weight excluding hydrogens is 198 g/mol. The fourth-order valence-corrected chi connectivity index (χ4v) is 1.98. The van der Waals surface area contributed by atoms with Gasteiger partial charge >= 0.3 is 0 Å². The molecule has 0 aliphatic rings. The van der Waals surface area contributed by atoms with Crippen LogP contribution >= 0.6 is 0 Å². The number of rotatable bonds is 6. The number of aryl methyl sites for hydroxylation is 2. The molecule has 0 aliphatic carbocycles. The summed E-state index contributed by atoms with van der Waals surface area (Å²) in [5.41, 5.74) is 3.55. The smallest absolute Gasteiger partial charge is 0.0597 e. The molecule has 0 saturated carbocycles. The van der Waals surface area contributed by atoms with Crippen molar-refractivity contribution in [2.45, 2.75) is 46.7 Å². The second-order valence-corrected chi connectivity index (χ2v) is 4.30. The van der Waals surface area contributed by atoms with E-state index in [-0.39, 0.29) is 0 Å². The summed E-state index contributed by atoms with van der Waals surface area (Å²) in [5.74, 6) is 0. The van der Waals surface area contributed by atoms with Gasteiger partial charge in [0, 0.05) is 6.54 Å². The number of hydrogen-bond acceptors (Lipinski definition) is 2. The monoisotopic (exact) mass is 221 g/mol. The second-order valence-electron chi connectivity index (χ2n) is 4.30. The standard InChI is InChI=1S/C13H23N3/c1-6-14-12(8-10(3)4)13-9-11(5)15-16(13)7-2/h9,12,14H,3,6-8H2,1-2,4-5H3. The van der Waals surface area contributed by atoms with Gasteiger partial charge in [-0.25, -0.2) is 0 Å². The molecule has 0 spiro atoms. The molecule has 0 amide bonds. The first kappa shape index (κ1) is 13.0. The van der Waals surface area contributed by atoms with Gasteiger partial charge in [-0.2, -0.15) is 5.10 Å². The zero-order chi connectivity index (χ0) is 12.1. The highest BCUT2D eigenvalue weighted by Crippen LogP contribution is 2.21. The van der Waals surface area contributed by atoms with Crippen LogP contribution in [0, 0.1) is 6.92 Å². The minimum atomic E-state index is 0.337. The molecule has 1 N–H and O–H groups in total. The lowest BCUT2D eigenvalue weighted by atomic mass is 10.1. The molecule has 3 heteroatoms. The van der Waals surface area contributed by atoms with Gasteiger partial charge in [-0.05, 0) is 39.8 Å². The summed E-state index contributed by atoms with van der Waals surface area (Å²) in [6, 6.07) is 2.50. The van der Waals surface area contributed by atoms with E-state index in [9.17, 15) is 0 Å². The Bertz CT molecular complexity index is 352. The maximum Gasteiger partial charge on any atom is 0.0597 e. The molecule has 1 rings (SSSR count). The molecule has 0 saturated heterocycles. The van der Waals surface area contributed by atoms with Gasteiger partial charge in [-0.15, -0.1) is 6.58 Å². The number of nitrogens with one attached hydrogen (secondary N) is 1. The van der Waals surface area contributed by atoms with Gasteiger partial charge in [0.05, 0.1) is 17.4 Å². The van der Waals surface area contributed by atoms with Crippen LogP contribution in [0.1, 0.15) is 44.6 Å². The third kappa shape index (κ3) is 3.20. The molecule has 1 atom stereocenters. The predicted octanol–water partition coefficient (Wildman–Crippen LogP) is 2.83. The van der Waals surface area contributed by atoms with E-state index in [2.05, 4.69) is 48.5 Å². The van der Waals surface area contributed by atoms with Crippen molar-refractivity contribution >= 4 is 0 Å². The van der Waals surface area contributed by atoms with Crippen LogP contribution in [0.2, 0.25) is 0 Å². The maximum absolute atomic E-state index is 4.49. The van der Waals surface area contributed by atoms with Crippen LogP contribution in [-0.4, -0.2) is 16.3 Å². The fraction of sp³-hybridized carbons (Fsp3) is 0.615. The Morgan fingerprint density at radius 2 is 2.25 bits per heavy atom. The zero-order valence-corrected chi connectivity index (χ0v) is 10.9. The van der Waals surface area contributed by atoms with Gasteiger partial charge in [0.25, 0.3) is 0 Å². The number of aromatic nitrogens is 2. The molecule has 1 heterocycles. The van der Waals surface area contributed by atoms with E-state index in [1.54, 1.807) is 0 Å². The molecule has 0 bridgehead atoms. The highest BCUT2D eigenvalue weighted by molar-refractivity contribution is 5.15. The van der Waals surface area contributed by atoms with Gasteiger partial charge in [-0.3, -0.25) is 4.68 Å². The van der Waals surface area contributed by atoms with Gasteiger partial charge in [0.1, 0.15) is 0 Å². The van der Waals surface area contributed by atoms with Crippen molar-refractivity contribution in [3.8, 4) is 0 Å². The van der Waals surface area contributed by atoms with E-state index in [1.165, 1.54) is 11.3 Å².